The second-order valence-corrected chi connectivity index (χ2v) is 9.19. The first-order valence-corrected chi connectivity index (χ1v) is 10.8. The molecule has 1 saturated carbocycles. The SMILES string of the molecule is N[C@H](C(=O)N1CC[C@H](F)C1)C1CCC(NS(=O)(=O)c2ccc(F)cc2F)CC1. The molecule has 2 aliphatic rings. The molecule has 1 aromatic carbocycles. The Morgan fingerprint density at radius 1 is 1.18 bits per heavy atom. The van der Waals surface area contributed by atoms with Gasteiger partial charge in [-0.1, -0.05) is 0 Å². The van der Waals surface area contributed by atoms with E-state index in [2.05, 4.69) is 4.72 Å². The molecule has 0 bridgehead atoms. The smallest absolute Gasteiger partial charge is 0.243 e. The van der Waals surface area contributed by atoms with E-state index in [0.29, 0.717) is 44.7 Å². The Morgan fingerprint density at radius 3 is 2.43 bits per heavy atom. The highest BCUT2D eigenvalue weighted by atomic mass is 32.2. The molecule has 10 heteroatoms. The Balaban J connectivity index is 1.55. The summed E-state index contributed by atoms with van der Waals surface area (Å²) in [6.45, 7) is 0.441. The van der Waals surface area contributed by atoms with Crippen LogP contribution < -0.4 is 10.5 Å². The number of amides is 1. The average molecular weight is 419 g/mol. The van der Waals surface area contributed by atoms with Gasteiger partial charge in [-0.25, -0.2) is 26.3 Å². The lowest BCUT2D eigenvalue weighted by Gasteiger charge is -2.33. The zero-order valence-corrected chi connectivity index (χ0v) is 16.1. The first kappa shape index (κ1) is 21.1. The average Bonchev–Trinajstić information content (AvgIpc) is 3.07. The standard InChI is InChI=1S/C18H24F3N3O3S/c19-12-3-6-16(15(21)9-12)28(26,27)23-14-4-1-11(2-5-14)17(22)18(25)24-8-7-13(20)10-24/h3,6,9,11,13-14,17,23H,1-2,4-5,7-8,10,22H2/t11?,13-,14?,17-/m0/s1. The molecule has 1 amide bonds. The van der Waals surface area contributed by atoms with Crippen molar-refractivity contribution in [2.24, 2.45) is 11.7 Å². The van der Waals surface area contributed by atoms with Gasteiger partial charge < -0.3 is 10.6 Å². The predicted molar refractivity (Wildman–Crippen MR) is 96.5 cm³/mol. The molecule has 0 aromatic heterocycles. The number of carbonyl (C=O) groups excluding carboxylic acids is 1. The van der Waals surface area contributed by atoms with Crippen molar-refractivity contribution in [1.82, 2.24) is 9.62 Å². The van der Waals surface area contributed by atoms with Gasteiger partial charge in [0.05, 0.1) is 12.6 Å². The van der Waals surface area contributed by atoms with E-state index in [1.807, 2.05) is 0 Å². The number of benzene rings is 1. The number of nitrogens with two attached hydrogens (primary N) is 1. The van der Waals surface area contributed by atoms with E-state index in [-0.39, 0.29) is 18.4 Å². The van der Waals surface area contributed by atoms with Crippen molar-refractivity contribution in [1.29, 1.82) is 0 Å². The number of hydrogen-bond acceptors (Lipinski definition) is 4. The van der Waals surface area contributed by atoms with E-state index >= 15 is 0 Å². The van der Waals surface area contributed by atoms with Gasteiger partial charge in [-0.15, -0.1) is 0 Å². The lowest BCUT2D eigenvalue weighted by atomic mass is 9.81. The minimum absolute atomic E-state index is 0.0743. The van der Waals surface area contributed by atoms with E-state index in [1.165, 1.54) is 4.90 Å². The number of nitrogens with zero attached hydrogens (tertiary/aromatic N) is 1. The van der Waals surface area contributed by atoms with Crippen LogP contribution >= 0.6 is 0 Å². The minimum atomic E-state index is -4.12. The Hall–Kier alpha value is -1.65. The van der Waals surface area contributed by atoms with Gasteiger partial charge in [-0.05, 0) is 50.2 Å². The molecule has 3 N–H and O–H groups in total. The Bertz CT molecular complexity index is 829. The zero-order valence-electron chi connectivity index (χ0n) is 15.3. The number of sulfonamides is 1. The highest BCUT2D eigenvalue weighted by Crippen LogP contribution is 2.29. The molecule has 1 aliphatic heterocycles. The molecule has 0 radical (unpaired) electrons. The second-order valence-electron chi connectivity index (χ2n) is 7.50. The summed E-state index contributed by atoms with van der Waals surface area (Å²) < 4.78 is 67.3. The number of halogens is 3. The van der Waals surface area contributed by atoms with Gasteiger partial charge in [-0.3, -0.25) is 4.79 Å². The molecule has 1 aliphatic carbocycles. The van der Waals surface area contributed by atoms with Gasteiger partial charge in [0.15, 0.2) is 0 Å². The van der Waals surface area contributed by atoms with E-state index in [4.69, 9.17) is 5.73 Å². The van der Waals surface area contributed by atoms with Crippen LogP contribution in [0.5, 0.6) is 0 Å². The number of nitrogens with one attached hydrogen (secondary N) is 1. The summed E-state index contributed by atoms with van der Waals surface area (Å²) in [4.78, 5) is 13.2. The van der Waals surface area contributed by atoms with Crippen LogP contribution in [0.15, 0.2) is 23.1 Å². The summed E-state index contributed by atoms with van der Waals surface area (Å²) in [7, 11) is -4.12. The van der Waals surface area contributed by atoms with Gasteiger partial charge in [0, 0.05) is 18.7 Å². The fourth-order valence-corrected chi connectivity index (χ4v) is 5.27. The molecule has 0 spiro atoms. The molecule has 0 unspecified atom stereocenters. The van der Waals surface area contributed by atoms with Crippen LogP contribution in [-0.2, 0) is 14.8 Å². The first-order chi connectivity index (χ1) is 13.2. The number of rotatable bonds is 5. The Kier molecular flexibility index (Phi) is 6.31. The third-order valence-corrected chi connectivity index (χ3v) is 7.07. The topological polar surface area (TPSA) is 92.5 Å². The molecule has 3 rings (SSSR count). The van der Waals surface area contributed by atoms with Crippen LogP contribution in [0.3, 0.4) is 0 Å². The molecule has 2 atom stereocenters. The predicted octanol–water partition coefficient (Wildman–Crippen LogP) is 1.70. The number of carbonyl (C=O) groups is 1. The van der Waals surface area contributed by atoms with Gasteiger partial charge in [0.2, 0.25) is 15.9 Å². The zero-order chi connectivity index (χ0) is 20.5. The fourth-order valence-electron chi connectivity index (χ4n) is 3.90. The van der Waals surface area contributed by atoms with E-state index in [9.17, 15) is 26.4 Å². The van der Waals surface area contributed by atoms with Crippen LogP contribution in [0, 0.1) is 17.6 Å². The summed E-state index contributed by atoms with van der Waals surface area (Å²) in [5.41, 5.74) is 6.08. The van der Waals surface area contributed by atoms with Crippen molar-refractivity contribution in [3.05, 3.63) is 29.8 Å². The van der Waals surface area contributed by atoms with E-state index in [1.54, 1.807) is 0 Å². The molecule has 2 fully saturated rings. The summed E-state index contributed by atoms with van der Waals surface area (Å²) in [5.74, 6) is -2.38. The van der Waals surface area contributed by atoms with Crippen LogP contribution in [0.2, 0.25) is 0 Å². The van der Waals surface area contributed by atoms with Gasteiger partial charge >= 0.3 is 0 Å². The largest absolute Gasteiger partial charge is 0.338 e. The van der Waals surface area contributed by atoms with Crippen LogP contribution in [0.4, 0.5) is 13.2 Å². The summed E-state index contributed by atoms with van der Waals surface area (Å²) >= 11 is 0. The van der Waals surface area contributed by atoms with E-state index in [0.717, 1.165) is 12.1 Å². The lowest BCUT2D eigenvalue weighted by molar-refractivity contribution is -0.133. The van der Waals surface area contributed by atoms with Crippen molar-refractivity contribution in [2.45, 2.75) is 55.3 Å². The Morgan fingerprint density at radius 2 is 1.86 bits per heavy atom. The molecule has 28 heavy (non-hydrogen) atoms. The monoisotopic (exact) mass is 419 g/mol. The summed E-state index contributed by atoms with van der Waals surface area (Å²) in [6, 6.07) is 1.14. The second kappa shape index (κ2) is 8.38. The van der Waals surface area contributed by atoms with Crippen molar-refractivity contribution >= 4 is 15.9 Å². The molecule has 1 heterocycles. The molecule has 1 aromatic rings. The molecular formula is C18H24F3N3O3S. The van der Waals surface area contributed by atoms with Crippen molar-refractivity contribution in [3.63, 3.8) is 0 Å². The van der Waals surface area contributed by atoms with Gasteiger partial charge in [0.25, 0.3) is 0 Å². The third kappa shape index (κ3) is 4.66. The first-order valence-electron chi connectivity index (χ1n) is 9.33. The quantitative estimate of drug-likeness (QED) is 0.760. The van der Waals surface area contributed by atoms with Crippen molar-refractivity contribution < 1.29 is 26.4 Å². The maximum absolute atomic E-state index is 13.8. The lowest BCUT2D eigenvalue weighted by Crippen LogP contribution is -2.49. The highest BCUT2D eigenvalue weighted by Gasteiger charge is 2.36. The van der Waals surface area contributed by atoms with Crippen LogP contribution in [-0.4, -0.2) is 50.6 Å². The normalized spacial score (nSPS) is 27.0. The van der Waals surface area contributed by atoms with Crippen molar-refractivity contribution in [3.8, 4) is 0 Å². The van der Waals surface area contributed by atoms with Crippen LogP contribution in [0.1, 0.15) is 32.1 Å². The van der Waals surface area contributed by atoms with E-state index < -0.39 is 44.8 Å². The molecule has 156 valence electrons. The van der Waals surface area contributed by atoms with Crippen molar-refractivity contribution in [2.75, 3.05) is 13.1 Å². The molecular weight excluding hydrogens is 395 g/mol. The highest BCUT2D eigenvalue weighted by molar-refractivity contribution is 7.89. The van der Waals surface area contributed by atoms with Gasteiger partial charge in [-0.2, -0.15) is 0 Å². The van der Waals surface area contributed by atoms with Gasteiger partial charge in [0.1, 0.15) is 22.7 Å². The third-order valence-electron chi connectivity index (χ3n) is 5.51. The molecule has 1 saturated heterocycles. The number of likely N-dealkylation sites (tertiary alicyclic amines) is 1. The maximum Gasteiger partial charge on any atom is 0.243 e. The number of hydrogen-bond donors (Lipinski definition) is 2. The Labute approximate surface area is 162 Å². The fraction of sp³-hybridized carbons (Fsp3) is 0.611. The molecule has 6 nitrogen and oxygen atoms in total. The summed E-state index contributed by atoms with van der Waals surface area (Å²) in [5, 5.41) is 0. The maximum atomic E-state index is 13.8. The summed E-state index contributed by atoms with van der Waals surface area (Å²) in [6.07, 6.45) is 1.26. The minimum Gasteiger partial charge on any atom is -0.338 e. The van der Waals surface area contributed by atoms with Crippen LogP contribution in [0.25, 0.3) is 0 Å². The number of alkyl halides is 1.